The minimum absolute atomic E-state index is 0.472. The van der Waals surface area contributed by atoms with E-state index < -0.39 is 280 Å². The van der Waals surface area contributed by atoms with Crippen molar-refractivity contribution in [2.75, 3.05) is 0 Å². The van der Waals surface area contributed by atoms with Gasteiger partial charge in [0.1, 0.15) is 11.2 Å². The summed E-state index contributed by atoms with van der Waals surface area (Å²) in [5.74, 6) is 0. The van der Waals surface area contributed by atoms with E-state index in [4.69, 9.17) is 34.6 Å². The molecule has 49 heavy (non-hydrogen) atoms. The molecule has 0 radical (unpaired) electrons. The lowest BCUT2D eigenvalue weighted by molar-refractivity contribution is 0.670. The summed E-state index contributed by atoms with van der Waals surface area (Å²) in [6.45, 7) is 0. The second kappa shape index (κ2) is 11.1. The molecule has 10 rings (SSSR count). The van der Waals surface area contributed by atoms with Crippen LogP contribution in [0.2, 0.25) is 0 Å². The van der Waals surface area contributed by atoms with Gasteiger partial charge in [-0.1, -0.05) is 163 Å². The van der Waals surface area contributed by atoms with E-state index in [9.17, 15) is 11.0 Å². The number of furan rings is 1. The molecule has 0 aliphatic rings. The van der Waals surface area contributed by atoms with Crippen LogP contribution >= 0.6 is 0 Å². The molecule has 0 unspecified atom stereocenters. The Kier molecular flexibility index (Phi) is 2.50. The highest BCUT2D eigenvalue weighted by Crippen LogP contribution is 2.41. The van der Waals surface area contributed by atoms with Crippen LogP contribution in [0.25, 0.3) is 98.8 Å². The highest BCUT2D eigenvalue weighted by atomic mass is 16.3. The molecule has 0 spiro atoms. The first-order valence-electron chi connectivity index (χ1n) is 29.4. The van der Waals surface area contributed by atoms with Gasteiger partial charge in [0.2, 0.25) is 0 Å². The molecule has 228 valence electrons. The van der Waals surface area contributed by atoms with Gasteiger partial charge < -0.3 is 4.42 Å². The number of hydrogen-bond acceptors (Lipinski definition) is 1. The zero-order chi connectivity index (χ0) is 58.4. The molecule has 1 aromatic heterocycles. The van der Waals surface area contributed by atoms with Crippen molar-refractivity contribution in [1.82, 2.24) is 0 Å². The molecule has 0 saturated heterocycles. The minimum atomic E-state index is -1.12. The summed E-state index contributed by atoms with van der Waals surface area (Å²) in [6.07, 6.45) is 0. The number of para-hydroxylation sites is 1. The number of benzene rings is 9. The summed E-state index contributed by atoms with van der Waals surface area (Å²) in [7, 11) is 0. The van der Waals surface area contributed by atoms with Gasteiger partial charge >= 0.3 is 0 Å². The van der Waals surface area contributed by atoms with E-state index in [1.54, 1.807) is 0 Å². The van der Waals surface area contributed by atoms with Crippen LogP contribution in [-0.2, 0) is 0 Å². The molecule has 1 nitrogen and oxygen atoms in total. The molecule has 0 N–H and O–H groups in total. The fourth-order valence-corrected chi connectivity index (χ4v) is 5.66. The van der Waals surface area contributed by atoms with E-state index in [0.717, 1.165) is 0 Å². The number of fused-ring (bicyclic) bond motifs is 9. The van der Waals surface area contributed by atoms with Crippen LogP contribution < -0.4 is 0 Å². The molecule has 0 aliphatic carbocycles. The Morgan fingerprint density at radius 3 is 1.51 bits per heavy atom. The zero-order valence-electron chi connectivity index (χ0n) is 54.4. The molecule has 10 aromatic rings. The van der Waals surface area contributed by atoms with Crippen LogP contribution in [-0.4, -0.2) is 0 Å². The van der Waals surface area contributed by atoms with Crippen molar-refractivity contribution >= 4 is 54.3 Å². The van der Waals surface area contributed by atoms with Crippen LogP contribution in [0.3, 0.4) is 0 Å². The van der Waals surface area contributed by atoms with Gasteiger partial charge in [0.15, 0.2) is 0 Å². The largest absolute Gasteiger partial charge is 0.455 e. The van der Waals surface area contributed by atoms with Gasteiger partial charge in [0, 0.05) is 16.3 Å². The molecule has 0 saturated carbocycles. The van der Waals surface area contributed by atoms with Crippen LogP contribution in [0.1, 0.15) is 41.1 Å². The smallest absolute Gasteiger partial charge is 0.143 e. The topological polar surface area (TPSA) is 13.1 Å². The van der Waals surface area contributed by atoms with E-state index in [1.165, 1.54) is 0 Å². The maximum Gasteiger partial charge on any atom is 0.143 e. The third-order valence-corrected chi connectivity index (χ3v) is 7.81. The van der Waals surface area contributed by atoms with Gasteiger partial charge in [0.05, 0.1) is 41.1 Å². The Hall–Kier alpha value is -6.44. The number of rotatable bonds is 4. The van der Waals surface area contributed by atoms with E-state index in [0.29, 0.717) is 0 Å². The molecule has 0 atom stereocenters. The molecular formula is C48H30O. The monoisotopic (exact) mass is 652 g/mol. The highest BCUT2D eigenvalue weighted by molar-refractivity contribution is 6.25. The highest BCUT2D eigenvalue weighted by Gasteiger charge is 2.16. The van der Waals surface area contributed by atoms with Crippen molar-refractivity contribution < 1.29 is 45.5 Å². The summed E-state index contributed by atoms with van der Waals surface area (Å²) in [6, 6.07) is -27.9. The van der Waals surface area contributed by atoms with E-state index in [-0.39, 0.29) is 0 Å². The van der Waals surface area contributed by atoms with Crippen LogP contribution in [0.5, 0.6) is 0 Å². The van der Waals surface area contributed by atoms with Crippen LogP contribution in [0, 0.1) is 0 Å². The normalized spacial score (nSPS) is 20.2. The first-order chi connectivity index (χ1) is 36.8. The van der Waals surface area contributed by atoms with Crippen LogP contribution in [0.15, 0.2) is 186 Å². The zero-order valence-corrected chi connectivity index (χ0v) is 24.4. The molecule has 9 aromatic carbocycles. The van der Waals surface area contributed by atoms with Crippen molar-refractivity contribution in [2.24, 2.45) is 0 Å². The maximum atomic E-state index is 9.67. The third kappa shape index (κ3) is 4.47. The fourth-order valence-electron chi connectivity index (χ4n) is 5.66. The predicted octanol–water partition coefficient (Wildman–Crippen LogP) is 13.7. The molecule has 0 amide bonds. The Labute approximate surface area is 326 Å². The van der Waals surface area contributed by atoms with Gasteiger partial charge in [-0.2, -0.15) is 0 Å². The molecule has 0 bridgehead atoms. The first kappa shape index (κ1) is 11.1. The molecule has 1 heteroatoms. The van der Waals surface area contributed by atoms with Gasteiger partial charge in [-0.15, -0.1) is 0 Å². The van der Waals surface area contributed by atoms with E-state index >= 15 is 0 Å². The minimum Gasteiger partial charge on any atom is -0.455 e. The van der Waals surface area contributed by atoms with Gasteiger partial charge in [0.25, 0.3) is 0 Å². The first-order valence-corrected chi connectivity index (χ1v) is 14.4. The SMILES string of the molecule is [2H]c1c([2H])c([2H])c(-c2c([2H])c([2H])c([2H])c3oc4c(-c5c([2H])c([2H])c(-c6c([2H])c([2H])c([2H])c(-c7c([2H])c([2H])c8c9c([2H])c([2H])c([2H])c([2H])c9c9c([2H])c([2H])c([2H])c([2H])c9c8c7[2H])c6[2H])c([2H])c5[2H])c([2H])c([2H])c([2H])c4c23)c([2H])c1[2H]. The summed E-state index contributed by atoms with van der Waals surface area (Å²) >= 11 is 0. The second-order valence-electron chi connectivity index (χ2n) is 10.5. The van der Waals surface area contributed by atoms with Gasteiger partial charge in [-0.05, 0) is 89.4 Å². The van der Waals surface area contributed by atoms with Crippen molar-refractivity contribution in [2.45, 2.75) is 0 Å². The Morgan fingerprint density at radius 1 is 0.306 bits per heavy atom. The maximum absolute atomic E-state index is 9.67. The molecule has 0 aliphatic heterocycles. The molecule has 1 heterocycles. The fraction of sp³-hybridized carbons (Fsp3) is 0. The van der Waals surface area contributed by atoms with E-state index in [1.807, 2.05) is 0 Å². The molecular weight excluding hydrogens is 593 g/mol. The van der Waals surface area contributed by atoms with Crippen molar-refractivity contribution in [3.63, 3.8) is 0 Å². The Bertz CT molecular complexity index is 4500. The van der Waals surface area contributed by atoms with Gasteiger partial charge in [-0.25, -0.2) is 0 Å². The standard InChI is InChI=1S/C48H30O/c1-2-11-32(12-3-1)37-19-10-22-46-47(37)44-21-9-20-38(48(44)49-46)33-25-23-31(24-26-33)34-13-8-14-35(29-34)36-27-28-43-41-17-5-4-15-39(41)40-16-6-7-18-42(40)45(43)30-36/h1-30H/i1D,2D,3D,4D,5D,6D,7D,8D,9D,10D,11D,12D,13D,14D,15D,16D,17D,18D,19D,20D,21D,22D,23D,24D,25D,26D,27D,28D,29D,30D. The van der Waals surface area contributed by atoms with Crippen molar-refractivity contribution in [3.05, 3.63) is 181 Å². The van der Waals surface area contributed by atoms with E-state index in [2.05, 4.69) is 0 Å². The van der Waals surface area contributed by atoms with Crippen molar-refractivity contribution in [3.8, 4) is 44.5 Å². The number of hydrogen-bond donors (Lipinski definition) is 0. The molecule has 0 fully saturated rings. The van der Waals surface area contributed by atoms with Crippen molar-refractivity contribution in [1.29, 1.82) is 0 Å². The Balaban J connectivity index is 1.31. The average Bonchev–Trinajstić information content (AvgIpc) is 3.50. The Morgan fingerprint density at radius 2 is 0.776 bits per heavy atom. The summed E-state index contributed by atoms with van der Waals surface area (Å²) in [5.41, 5.74) is -7.81. The summed E-state index contributed by atoms with van der Waals surface area (Å²) in [5, 5.41) is -4.27. The predicted molar refractivity (Wildman–Crippen MR) is 208 cm³/mol. The summed E-state index contributed by atoms with van der Waals surface area (Å²) < 4.78 is 274. The lowest BCUT2D eigenvalue weighted by Gasteiger charge is -2.12. The summed E-state index contributed by atoms with van der Waals surface area (Å²) in [4.78, 5) is 0. The van der Waals surface area contributed by atoms with Crippen LogP contribution in [0.4, 0.5) is 0 Å². The lowest BCUT2D eigenvalue weighted by Crippen LogP contribution is -1.86. The quantitative estimate of drug-likeness (QED) is 0.172. The average molecular weight is 653 g/mol. The van der Waals surface area contributed by atoms with Gasteiger partial charge in [-0.3, -0.25) is 0 Å². The second-order valence-corrected chi connectivity index (χ2v) is 10.5. The third-order valence-electron chi connectivity index (χ3n) is 7.81. The lowest BCUT2D eigenvalue weighted by atomic mass is 9.91.